The molecule has 3 heterocycles. The van der Waals surface area contributed by atoms with Gasteiger partial charge in [0.1, 0.15) is 35.1 Å². The van der Waals surface area contributed by atoms with Gasteiger partial charge >= 0.3 is 18.2 Å². The standard InChI is InChI=1S/C31H39FN4O9/c1-30(2,3)45-28(41)33-23-10-12-43-11-5-4-8-19-14-31(19,27(39)40)34-25(37)24-13-20(16-36(24)26(23)38)44-29(42)35-15-18-7-6-9-22(32)21(18)17-35/h4,6-9,19-20,23-24H,5,10-17H2,1-3H3,(H,33,41)(H,34,37)(H,39,40)/b8-4-/t19-,20+,23-,24-,31+/m0/s1. The van der Waals surface area contributed by atoms with Crippen molar-refractivity contribution < 1.29 is 47.7 Å². The van der Waals surface area contributed by atoms with Gasteiger partial charge in [0.05, 0.1) is 19.7 Å². The number of nitrogens with one attached hydrogen (secondary N) is 2. The fourth-order valence-corrected chi connectivity index (χ4v) is 5.99. The van der Waals surface area contributed by atoms with Crippen LogP contribution >= 0.6 is 0 Å². The van der Waals surface area contributed by atoms with E-state index in [0.717, 1.165) is 0 Å². The summed E-state index contributed by atoms with van der Waals surface area (Å²) >= 11 is 0. The highest BCUT2D eigenvalue weighted by molar-refractivity contribution is 5.96. The summed E-state index contributed by atoms with van der Waals surface area (Å²) in [7, 11) is 0. The van der Waals surface area contributed by atoms with E-state index in [1.807, 2.05) is 0 Å². The van der Waals surface area contributed by atoms with Crippen molar-refractivity contribution in [1.29, 1.82) is 0 Å². The molecule has 4 aliphatic rings. The predicted molar refractivity (Wildman–Crippen MR) is 155 cm³/mol. The normalized spacial score (nSPS) is 29.2. The summed E-state index contributed by atoms with van der Waals surface area (Å²) in [6.45, 7) is 5.42. The summed E-state index contributed by atoms with van der Waals surface area (Å²) in [5.41, 5.74) is -1.31. The van der Waals surface area contributed by atoms with Crippen molar-refractivity contribution in [3.8, 4) is 0 Å². The van der Waals surface area contributed by atoms with Crippen LogP contribution in [0.25, 0.3) is 0 Å². The summed E-state index contributed by atoms with van der Waals surface area (Å²) < 4.78 is 31.0. The minimum atomic E-state index is -1.53. The molecule has 2 fully saturated rings. The molecule has 0 radical (unpaired) electrons. The van der Waals surface area contributed by atoms with E-state index in [0.29, 0.717) is 24.2 Å². The molecular weight excluding hydrogens is 591 g/mol. The first kappa shape index (κ1) is 32.2. The smallest absolute Gasteiger partial charge is 0.410 e. The van der Waals surface area contributed by atoms with Gasteiger partial charge < -0.3 is 34.9 Å². The van der Waals surface area contributed by atoms with E-state index in [1.165, 1.54) is 15.9 Å². The van der Waals surface area contributed by atoms with Gasteiger partial charge in [0, 0.05) is 37.5 Å². The van der Waals surface area contributed by atoms with Crippen LogP contribution in [0.3, 0.4) is 0 Å². The zero-order chi connectivity index (χ0) is 32.5. The molecule has 3 aliphatic heterocycles. The number of hydrogen-bond acceptors (Lipinski definition) is 8. The molecule has 13 nitrogen and oxygen atoms in total. The first-order valence-corrected chi connectivity index (χ1v) is 15.1. The van der Waals surface area contributed by atoms with Gasteiger partial charge in [0.25, 0.3) is 0 Å². The second-order valence-electron chi connectivity index (χ2n) is 12.9. The number of carbonyl (C=O) groups excluding carboxylic acids is 4. The van der Waals surface area contributed by atoms with Crippen LogP contribution in [0.1, 0.15) is 57.6 Å². The Labute approximate surface area is 260 Å². The number of aliphatic carboxylic acids is 1. The highest BCUT2D eigenvalue weighted by atomic mass is 19.1. The molecule has 0 bridgehead atoms. The molecule has 1 aromatic rings. The highest BCUT2D eigenvalue weighted by Crippen LogP contribution is 2.45. The summed E-state index contributed by atoms with van der Waals surface area (Å²) in [5, 5.41) is 15.2. The Morgan fingerprint density at radius 2 is 1.96 bits per heavy atom. The molecule has 5 rings (SSSR count). The molecule has 5 atom stereocenters. The lowest BCUT2D eigenvalue weighted by molar-refractivity contribution is -0.145. The molecule has 244 valence electrons. The zero-order valence-electron chi connectivity index (χ0n) is 25.5. The summed E-state index contributed by atoms with van der Waals surface area (Å²) in [6.07, 6.45) is 1.66. The lowest BCUT2D eigenvalue weighted by Gasteiger charge is -2.30. The van der Waals surface area contributed by atoms with E-state index in [9.17, 15) is 33.5 Å². The van der Waals surface area contributed by atoms with E-state index < -0.39 is 71.0 Å². The van der Waals surface area contributed by atoms with Crippen LogP contribution in [-0.4, -0.2) is 94.0 Å². The molecule has 1 saturated heterocycles. The van der Waals surface area contributed by atoms with Crippen molar-refractivity contribution >= 4 is 30.0 Å². The van der Waals surface area contributed by atoms with Crippen molar-refractivity contribution in [3.63, 3.8) is 0 Å². The number of fused-ring (bicyclic) bond motifs is 3. The van der Waals surface area contributed by atoms with Crippen molar-refractivity contribution in [1.82, 2.24) is 20.4 Å². The maximum atomic E-state index is 14.3. The molecular formula is C31H39FN4O9. The third-order valence-electron chi connectivity index (χ3n) is 8.38. The summed E-state index contributed by atoms with van der Waals surface area (Å²) in [6, 6.07) is 2.26. The fourth-order valence-electron chi connectivity index (χ4n) is 5.99. The van der Waals surface area contributed by atoms with Gasteiger partial charge in [0.15, 0.2) is 0 Å². The van der Waals surface area contributed by atoms with E-state index >= 15 is 0 Å². The number of carboxylic acids is 1. The molecule has 3 N–H and O–H groups in total. The fraction of sp³-hybridized carbons (Fsp3) is 0.581. The van der Waals surface area contributed by atoms with E-state index in [1.54, 1.807) is 45.1 Å². The molecule has 0 unspecified atom stereocenters. The second kappa shape index (κ2) is 12.7. The molecule has 1 aliphatic carbocycles. The SMILES string of the molecule is CC(C)(C)OC(=O)N[C@H]1CCOCC/C=C\[C@H]2C[C@@]2(C(=O)O)NC(=O)[C@@H]2C[C@@H](OC(=O)N3Cc4cccc(F)c4C3)CN2C1=O. The average Bonchev–Trinajstić information content (AvgIpc) is 3.27. The van der Waals surface area contributed by atoms with Crippen LogP contribution < -0.4 is 10.6 Å². The lowest BCUT2D eigenvalue weighted by atomic mass is 10.1. The molecule has 45 heavy (non-hydrogen) atoms. The minimum Gasteiger partial charge on any atom is -0.479 e. The van der Waals surface area contributed by atoms with Gasteiger partial charge in [-0.3, -0.25) is 14.5 Å². The summed E-state index contributed by atoms with van der Waals surface area (Å²) in [4.78, 5) is 68.3. The van der Waals surface area contributed by atoms with Crippen molar-refractivity contribution in [2.75, 3.05) is 19.8 Å². The number of ether oxygens (including phenoxy) is 3. The van der Waals surface area contributed by atoms with Crippen molar-refractivity contribution in [2.24, 2.45) is 5.92 Å². The average molecular weight is 631 g/mol. The Hall–Kier alpha value is -4.20. The molecule has 1 saturated carbocycles. The van der Waals surface area contributed by atoms with Crippen LogP contribution in [0, 0.1) is 11.7 Å². The topological polar surface area (TPSA) is 164 Å². The van der Waals surface area contributed by atoms with E-state index in [-0.39, 0.29) is 45.5 Å². The van der Waals surface area contributed by atoms with Crippen LogP contribution in [0.4, 0.5) is 14.0 Å². The number of nitrogens with zero attached hydrogens (tertiary/aromatic N) is 2. The Morgan fingerprint density at radius 1 is 1.18 bits per heavy atom. The lowest BCUT2D eigenvalue weighted by Crippen LogP contribution is -2.56. The van der Waals surface area contributed by atoms with Gasteiger partial charge in [-0.15, -0.1) is 0 Å². The first-order chi connectivity index (χ1) is 21.3. The third kappa shape index (κ3) is 7.21. The predicted octanol–water partition coefficient (Wildman–Crippen LogP) is 2.47. The Kier molecular flexibility index (Phi) is 9.06. The van der Waals surface area contributed by atoms with Crippen molar-refractivity contribution in [3.05, 3.63) is 47.3 Å². The zero-order valence-corrected chi connectivity index (χ0v) is 25.5. The number of alkyl carbamates (subject to hydrolysis) is 1. The largest absolute Gasteiger partial charge is 0.479 e. The van der Waals surface area contributed by atoms with Crippen LogP contribution in [-0.2, 0) is 41.7 Å². The first-order valence-electron chi connectivity index (χ1n) is 15.1. The van der Waals surface area contributed by atoms with Gasteiger partial charge in [-0.1, -0.05) is 24.3 Å². The number of halogens is 1. The number of carbonyl (C=O) groups is 5. The van der Waals surface area contributed by atoms with Gasteiger partial charge in [-0.05, 0) is 45.2 Å². The molecule has 0 spiro atoms. The Morgan fingerprint density at radius 3 is 2.67 bits per heavy atom. The monoisotopic (exact) mass is 630 g/mol. The second-order valence-corrected chi connectivity index (χ2v) is 12.9. The number of amides is 4. The van der Waals surface area contributed by atoms with Gasteiger partial charge in [-0.2, -0.15) is 0 Å². The van der Waals surface area contributed by atoms with E-state index in [2.05, 4.69) is 10.6 Å². The quantitative estimate of drug-likeness (QED) is 0.426. The molecule has 4 amide bonds. The van der Waals surface area contributed by atoms with Crippen LogP contribution in [0.15, 0.2) is 30.4 Å². The van der Waals surface area contributed by atoms with Crippen LogP contribution in [0.5, 0.6) is 0 Å². The Balaban J connectivity index is 1.37. The van der Waals surface area contributed by atoms with Gasteiger partial charge in [0.2, 0.25) is 11.8 Å². The number of benzene rings is 1. The molecule has 14 heteroatoms. The number of carboxylic acid groups (broad SMARTS) is 1. The van der Waals surface area contributed by atoms with E-state index in [4.69, 9.17) is 14.2 Å². The Bertz CT molecular complexity index is 1400. The highest BCUT2D eigenvalue weighted by Gasteiger charge is 2.61. The van der Waals surface area contributed by atoms with Crippen LogP contribution in [0.2, 0.25) is 0 Å². The summed E-state index contributed by atoms with van der Waals surface area (Å²) in [5.74, 6) is -3.41. The third-order valence-corrected chi connectivity index (χ3v) is 8.38. The molecule has 1 aromatic carbocycles. The number of hydrogen-bond donors (Lipinski definition) is 3. The van der Waals surface area contributed by atoms with Crippen molar-refractivity contribution in [2.45, 2.75) is 88.9 Å². The minimum absolute atomic E-state index is 0.0119. The maximum Gasteiger partial charge on any atom is 0.410 e. The van der Waals surface area contributed by atoms with Gasteiger partial charge in [-0.25, -0.2) is 18.8 Å². The maximum absolute atomic E-state index is 14.3. The molecule has 0 aromatic heterocycles. The number of rotatable bonds is 3.